The van der Waals surface area contributed by atoms with E-state index in [1.807, 2.05) is 6.92 Å². The molecule has 0 heterocycles. The fourth-order valence-corrected chi connectivity index (χ4v) is 2.86. The van der Waals surface area contributed by atoms with E-state index in [1.54, 1.807) is 26.4 Å². The van der Waals surface area contributed by atoms with Gasteiger partial charge in [0.2, 0.25) is 5.91 Å². The number of amides is 1. The Kier molecular flexibility index (Phi) is 8.04. The van der Waals surface area contributed by atoms with Crippen LogP contribution >= 0.6 is 15.9 Å². The maximum Gasteiger partial charge on any atom is 0.231 e. The zero-order valence-corrected chi connectivity index (χ0v) is 16.4. The molecule has 1 atom stereocenters. The van der Waals surface area contributed by atoms with E-state index in [4.69, 9.17) is 15.2 Å². The van der Waals surface area contributed by atoms with Gasteiger partial charge in [0, 0.05) is 4.47 Å². The summed E-state index contributed by atoms with van der Waals surface area (Å²) in [5, 5.41) is 2.62. The first kappa shape index (κ1) is 20.3. The molecule has 0 unspecified atom stereocenters. The van der Waals surface area contributed by atoms with Crippen molar-refractivity contribution in [3.8, 4) is 11.5 Å². The number of guanidine groups is 1. The fraction of sp³-hybridized carbons (Fsp3) is 0.529. The van der Waals surface area contributed by atoms with Crippen LogP contribution < -0.4 is 20.5 Å². The van der Waals surface area contributed by atoms with Crippen molar-refractivity contribution in [2.75, 3.05) is 14.2 Å². The summed E-state index contributed by atoms with van der Waals surface area (Å²) in [6, 6.07) is 3.60. The summed E-state index contributed by atoms with van der Waals surface area (Å²) < 4.78 is 11.2. The summed E-state index contributed by atoms with van der Waals surface area (Å²) in [7, 11) is 3.11. The lowest BCUT2D eigenvalue weighted by Gasteiger charge is -2.13. The van der Waals surface area contributed by atoms with Gasteiger partial charge in [0.25, 0.3) is 0 Å². The molecule has 1 amide bonds. The number of hydrogen-bond donors (Lipinski definition) is 2. The van der Waals surface area contributed by atoms with Gasteiger partial charge in [-0.2, -0.15) is 0 Å². The van der Waals surface area contributed by atoms with Gasteiger partial charge in [-0.25, -0.2) is 0 Å². The molecule has 7 heteroatoms. The zero-order chi connectivity index (χ0) is 18.3. The van der Waals surface area contributed by atoms with E-state index < -0.39 is 0 Å². The largest absolute Gasteiger partial charge is 0.493 e. The standard InChI is InChI=1S/C17H26BrN3O3/c1-10(2)6-11(3)20-17(19)21-16(22)8-12-7-14(23-4)15(24-5)9-13(12)18/h7,9-11H,6,8H2,1-5H3,(H3,19,20,21,22)/t11-/m1/s1. The summed E-state index contributed by atoms with van der Waals surface area (Å²) >= 11 is 3.44. The minimum Gasteiger partial charge on any atom is -0.493 e. The zero-order valence-electron chi connectivity index (χ0n) is 14.9. The molecule has 6 nitrogen and oxygen atoms in total. The van der Waals surface area contributed by atoms with Crippen molar-refractivity contribution >= 4 is 27.8 Å². The Morgan fingerprint density at radius 1 is 1.25 bits per heavy atom. The maximum absolute atomic E-state index is 12.2. The van der Waals surface area contributed by atoms with Crippen molar-refractivity contribution in [3.63, 3.8) is 0 Å². The number of halogens is 1. The van der Waals surface area contributed by atoms with Gasteiger partial charge in [-0.15, -0.1) is 0 Å². The number of aliphatic imine (C=N–C) groups is 1. The van der Waals surface area contributed by atoms with Crippen LogP contribution in [0.1, 0.15) is 32.8 Å². The Morgan fingerprint density at radius 2 is 1.83 bits per heavy atom. The van der Waals surface area contributed by atoms with E-state index in [1.165, 1.54) is 0 Å². The molecule has 0 bridgehead atoms. The summed E-state index contributed by atoms with van der Waals surface area (Å²) in [5.41, 5.74) is 6.58. The number of carbonyl (C=O) groups is 1. The molecular weight excluding hydrogens is 374 g/mol. The van der Waals surface area contributed by atoms with Crippen molar-refractivity contribution in [1.82, 2.24) is 5.32 Å². The highest BCUT2D eigenvalue weighted by Gasteiger charge is 2.13. The molecule has 0 saturated heterocycles. The smallest absolute Gasteiger partial charge is 0.231 e. The van der Waals surface area contributed by atoms with Gasteiger partial charge in [-0.1, -0.05) is 29.8 Å². The van der Waals surface area contributed by atoms with Gasteiger partial charge in [-0.3, -0.25) is 15.1 Å². The average molecular weight is 400 g/mol. The number of carbonyl (C=O) groups excluding carboxylic acids is 1. The minimum atomic E-state index is -0.235. The number of rotatable bonds is 7. The molecule has 0 radical (unpaired) electrons. The lowest BCUT2D eigenvalue weighted by Crippen LogP contribution is -2.38. The first-order chi connectivity index (χ1) is 11.3. The molecule has 3 N–H and O–H groups in total. The second-order valence-electron chi connectivity index (χ2n) is 6.02. The van der Waals surface area contributed by atoms with Crippen LogP contribution in [0.2, 0.25) is 0 Å². The Morgan fingerprint density at radius 3 is 2.38 bits per heavy atom. The van der Waals surface area contributed by atoms with Crippen molar-refractivity contribution in [1.29, 1.82) is 0 Å². The highest BCUT2D eigenvalue weighted by atomic mass is 79.9. The quantitative estimate of drug-likeness (QED) is 0.545. The number of methoxy groups -OCH3 is 2. The minimum absolute atomic E-state index is 0.0677. The van der Waals surface area contributed by atoms with E-state index >= 15 is 0 Å². The number of nitrogens with one attached hydrogen (secondary N) is 1. The van der Waals surface area contributed by atoms with E-state index in [-0.39, 0.29) is 24.3 Å². The second kappa shape index (κ2) is 9.52. The number of hydrogen-bond acceptors (Lipinski definition) is 4. The predicted octanol–water partition coefficient (Wildman–Crippen LogP) is 2.87. The van der Waals surface area contributed by atoms with Gasteiger partial charge in [-0.05, 0) is 37.0 Å². The van der Waals surface area contributed by atoms with Gasteiger partial charge in [0.15, 0.2) is 17.5 Å². The van der Waals surface area contributed by atoms with Crippen molar-refractivity contribution in [3.05, 3.63) is 22.2 Å². The van der Waals surface area contributed by atoms with Gasteiger partial charge < -0.3 is 15.2 Å². The molecule has 0 aromatic heterocycles. The Bertz CT molecular complexity index is 603. The topological polar surface area (TPSA) is 85.9 Å². The van der Waals surface area contributed by atoms with Crippen LogP contribution in [0.25, 0.3) is 0 Å². The normalized spacial score (nSPS) is 12.9. The number of nitrogens with two attached hydrogens (primary N) is 1. The molecular formula is C17H26BrN3O3. The molecule has 24 heavy (non-hydrogen) atoms. The summed E-state index contributed by atoms with van der Waals surface area (Å²) in [4.78, 5) is 16.5. The van der Waals surface area contributed by atoms with Crippen LogP contribution in [0.4, 0.5) is 0 Å². The Labute approximate surface area is 151 Å². The third-order valence-electron chi connectivity index (χ3n) is 3.34. The van der Waals surface area contributed by atoms with E-state index in [0.29, 0.717) is 17.4 Å². The first-order valence-electron chi connectivity index (χ1n) is 7.80. The van der Waals surface area contributed by atoms with Gasteiger partial charge in [0.05, 0.1) is 26.7 Å². The Hall–Kier alpha value is -1.76. The van der Waals surface area contributed by atoms with Crippen LogP contribution in [-0.2, 0) is 11.2 Å². The molecule has 0 aliphatic rings. The van der Waals surface area contributed by atoms with Gasteiger partial charge >= 0.3 is 0 Å². The molecule has 0 fully saturated rings. The second-order valence-corrected chi connectivity index (χ2v) is 6.87. The lowest BCUT2D eigenvalue weighted by atomic mass is 10.1. The summed E-state index contributed by atoms with van der Waals surface area (Å²) in [5.74, 6) is 1.59. The van der Waals surface area contributed by atoms with Crippen LogP contribution in [0.15, 0.2) is 21.6 Å². The lowest BCUT2D eigenvalue weighted by molar-refractivity contribution is -0.119. The van der Waals surface area contributed by atoms with Crippen LogP contribution in [-0.4, -0.2) is 32.1 Å². The number of nitrogens with zero attached hydrogens (tertiary/aromatic N) is 1. The fourth-order valence-electron chi connectivity index (χ4n) is 2.40. The summed E-state index contributed by atoms with van der Waals surface area (Å²) in [6.45, 7) is 6.22. The molecule has 0 aliphatic carbocycles. The van der Waals surface area contributed by atoms with E-state index in [9.17, 15) is 4.79 Å². The maximum atomic E-state index is 12.2. The van der Waals surface area contributed by atoms with Crippen molar-refractivity contribution in [2.45, 2.75) is 39.7 Å². The molecule has 134 valence electrons. The molecule has 1 aromatic rings. The molecule has 0 saturated carbocycles. The SMILES string of the molecule is COc1cc(Br)c(CC(=O)NC(N)=N[C@H](C)CC(C)C)cc1OC. The predicted molar refractivity (Wildman–Crippen MR) is 99.6 cm³/mol. The van der Waals surface area contributed by atoms with Crippen molar-refractivity contribution < 1.29 is 14.3 Å². The molecule has 0 aliphatic heterocycles. The number of ether oxygens (including phenoxy) is 2. The van der Waals surface area contributed by atoms with E-state index in [2.05, 4.69) is 40.1 Å². The third kappa shape index (κ3) is 6.39. The van der Waals surface area contributed by atoms with Crippen LogP contribution in [0.5, 0.6) is 11.5 Å². The van der Waals surface area contributed by atoms with Crippen LogP contribution in [0, 0.1) is 5.92 Å². The molecule has 0 spiro atoms. The highest BCUT2D eigenvalue weighted by Crippen LogP contribution is 2.33. The monoisotopic (exact) mass is 399 g/mol. The molecule has 1 rings (SSSR count). The summed E-state index contributed by atoms with van der Waals surface area (Å²) in [6.07, 6.45) is 1.06. The van der Waals surface area contributed by atoms with Crippen molar-refractivity contribution in [2.24, 2.45) is 16.6 Å². The average Bonchev–Trinajstić information content (AvgIpc) is 2.47. The van der Waals surface area contributed by atoms with Crippen LogP contribution in [0.3, 0.4) is 0 Å². The van der Waals surface area contributed by atoms with Gasteiger partial charge in [0.1, 0.15) is 0 Å². The highest BCUT2D eigenvalue weighted by molar-refractivity contribution is 9.10. The van der Waals surface area contributed by atoms with E-state index in [0.717, 1.165) is 16.5 Å². The third-order valence-corrected chi connectivity index (χ3v) is 4.08. The first-order valence-corrected chi connectivity index (χ1v) is 8.59. The molecule has 1 aromatic carbocycles. The Balaban J connectivity index is 2.76. The number of benzene rings is 1.